The maximum atomic E-state index is 10.1. The third kappa shape index (κ3) is 1.80. The van der Waals surface area contributed by atoms with Gasteiger partial charge in [-0.3, -0.25) is 0 Å². The number of phenolic OH excluding ortho intramolecular Hbond substituents is 1. The Balaban J connectivity index is 2.60. The van der Waals surface area contributed by atoms with Gasteiger partial charge in [-0.15, -0.1) is 0 Å². The Labute approximate surface area is 103 Å². The van der Waals surface area contributed by atoms with E-state index in [4.69, 9.17) is 0 Å². The summed E-state index contributed by atoms with van der Waals surface area (Å²) in [6.07, 6.45) is 0. The molecule has 1 aromatic rings. The lowest BCUT2D eigenvalue weighted by atomic mass is 9.90. The first-order valence-corrected chi connectivity index (χ1v) is 6.12. The van der Waals surface area contributed by atoms with Crippen LogP contribution < -0.4 is 0 Å². The molecule has 0 saturated carbocycles. The molecule has 0 radical (unpaired) electrons. The summed E-state index contributed by atoms with van der Waals surface area (Å²) < 4.78 is 0. The summed E-state index contributed by atoms with van der Waals surface area (Å²) in [6.45, 7) is 10.8. The maximum Gasteiger partial charge on any atom is 0.123 e. The summed E-state index contributed by atoms with van der Waals surface area (Å²) in [5.41, 5.74) is 7.56. The van der Waals surface area contributed by atoms with Crippen molar-refractivity contribution in [2.24, 2.45) is 5.92 Å². The zero-order valence-corrected chi connectivity index (χ0v) is 11.3. The molecule has 0 fully saturated rings. The molecule has 0 amide bonds. The Morgan fingerprint density at radius 3 is 2.18 bits per heavy atom. The molecule has 0 aliphatic heterocycles. The number of aromatic hydroxyl groups is 1. The van der Waals surface area contributed by atoms with Crippen LogP contribution in [0.15, 0.2) is 34.9 Å². The first-order valence-electron chi connectivity index (χ1n) is 6.12. The molecule has 1 aliphatic rings. The molecule has 17 heavy (non-hydrogen) atoms. The van der Waals surface area contributed by atoms with Crippen molar-refractivity contribution < 1.29 is 5.11 Å². The molecule has 1 aliphatic carbocycles. The second-order valence-electron chi connectivity index (χ2n) is 5.09. The van der Waals surface area contributed by atoms with Crippen LogP contribution >= 0.6 is 0 Å². The molecule has 0 spiro atoms. The smallest absolute Gasteiger partial charge is 0.123 e. The van der Waals surface area contributed by atoms with Gasteiger partial charge in [0.2, 0.25) is 0 Å². The summed E-state index contributed by atoms with van der Waals surface area (Å²) in [5.74, 6) is 0.794. The van der Waals surface area contributed by atoms with Crippen molar-refractivity contribution >= 4 is 5.57 Å². The Morgan fingerprint density at radius 2 is 1.65 bits per heavy atom. The van der Waals surface area contributed by atoms with Crippen LogP contribution in [0.2, 0.25) is 0 Å². The summed E-state index contributed by atoms with van der Waals surface area (Å²) in [6, 6.07) is 5.82. The fourth-order valence-corrected chi connectivity index (χ4v) is 2.66. The molecule has 2 rings (SSSR count). The minimum Gasteiger partial charge on any atom is -0.507 e. The van der Waals surface area contributed by atoms with E-state index in [1.54, 1.807) is 6.07 Å². The number of phenols is 1. The average Bonchev–Trinajstić information content (AvgIpc) is 2.48. The monoisotopic (exact) mass is 228 g/mol. The third-order valence-corrected chi connectivity index (χ3v) is 4.08. The van der Waals surface area contributed by atoms with Crippen LogP contribution in [0.25, 0.3) is 5.57 Å². The fourth-order valence-electron chi connectivity index (χ4n) is 2.66. The molecule has 1 aromatic carbocycles. The number of hydrogen-bond donors (Lipinski definition) is 1. The lowest BCUT2D eigenvalue weighted by molar-refractivity contribution is 0.473. The highest BCUT2D eigenvalue weighted by Crippen LogP contribution is 2.44. The highest BCUT2D eigenvalue weighted by molar-refractivity contribution is 5.82. The van der Waals surface area contributed by atoms with Crippen LogP contribution in [0.1, 0.15) is 38.8 Å². The Kier molecular flexibility index (Phi) is 2.86. The van der Waals surface area contributed by atoms with E-state index in [2.05, 4.69) is 40.7 Å². The van der Waals surface area contributed by atoms with Gasteiger partial charge in [0.15, 0.2) is 0 Å². The van der Waals surface area contributed by atoms with Crippen LogP contribution in [0.3, 0.4) is 0 Å². The van der Waals surface area contributed by atoms with Crippen LogP contribution in [0.4, 0.5) is 0 Å². The van der Waals surface area contributed by atoms with E-state index in [0.717, 1.165) is 5.56 Å². The zero-order valence-electron chi connectivity index (χ0n) is 11.3. The zero-order chi connectivity index (χ0) is 12.7. The largest absolute Gasteiger partial charge is 0.507 e. The predicted octanol–water partition coefficient (Wildman–Crippen LogP) is 4.46. The van der Waals surface area contributed by atoms with Crippen molar-refractivity contribution in [1.82, 2.24) is 0 Å². The standard InChI is InChI=1S/C16H20O/c1-9-6-7-15(17)14(8-9)16-12(4)10(2)11(3)13(16)5/h6-8,12,17H,1-5H3. The van der Waals surface area contributed by atoms with Crippen LogP contribution in [0, 0.1) is 12.8 Å². The molecule has 0 saturated heterocycles. The van der Waals surface area contributed by atoms with Crippen molar-refractivity contribution in [1.29, 1.82) is 0 Å². The summed E-state index contributed by atoms with van der Waals surface area (Å²) in [5, 5.41) is 10.1. The summed E-state index contributed by atoms with van der Waals surface area (Å²) in [4.78, 5) is 0. The van der Waals surface area contributed by atoms with E-state index in [-0.39, 0.29) is 0 Å². The van der Waals surface area contributed by atoms with E-state index in [1.165, 1.54) is 27.9 Å². The van der Waals surface area contributed by atoms with Crippen molar-refractivity contribution in [3.05, 3.63) is 46.0 Å². The van der Waals surface area contributed by atoms with Gasteiger partial charge in [-0.1, -0.05) is 24.1 Å². The molecule has 90 valence electrons. The molecule has 1 atom stereocenters. The van der Waals surface area contributed by atoms with Gasteiger partial charge in [0.05, 0.1) is 0 Å². The highest BCUT2D eigenvalue weighted by Gasteiger charge is 2.26. The quantitative estimate of drug-likeness (QED) is 0.752. The number of rotatable bonds is 1. The molecule has 1 unspecified atom stereocenters. The van der Waals surface area contributed by atoms with E-state index >= 15 is 0 Å². The third-order valence-electron chi connectivity index (χ3n) is 4.08. The molecular formula is C16H20O. The molecule has 1 nitrogen and oxygen atoms in total. The van der Waals surface area contributed by atoms with Crippen LogP contribution in [0.5, 0.6) is 5.75 Å². The average molecular weight is 228 g/mol. The minimum atomic E-state index is 0.388. The van der Waals surface area contributed by atoms with Gasteiger partial charge >= 0.3 is 0 Å². The van der Waals surface area contributed by atoms with Gasteiger partial charge in [0.25, 0.3) is 0 Å². The molecule has 0 heterocycles. The first kappa shape index (κ1) is 12.0. The lowest BCUT2D eigenvalue weighted by Crippen LogP contribution is -1.97. The number of hydrogen-bond acceptors (Lipinski definition) is 1. The molecule has 0 bridgehead atoms. The van der Waals surface area contributed by atoms with Gasteiger partial charge in [0, 0.05) is 11.5 Å². The van der Waals surface area contributed by atoms with Gasteiger partial charge in [-0.25, -0.2) is 0 Å². The number of allylic oxidation sites excluding steroid dienone is 4. The Morgan fingerprint density at radius 1 is 1.00 bits per heavy atom. The van der Waals surface area contributed by atoms with Gasteiger partial charge in [-0.05, 0) is 56.5 Å². The number of benzene rings is 1. The first-order chi connectivity index (χ1) is 7.93. The fraction of sp³-hybridized carbons (Fsp3) is 0.375. The van der Waals surface area contributed by atoms with E-state index < -0.39 is 0 Å². The normalized spacial score (nSPS) is 20.4. The van der Waals surface area contributed by atoms with Gasteiger partial charge in [0.1, 0.15) is 5.75 Å². The van der Waals surface area contributed by atoms with Crippen LogP contribution in [-0.2, 0) is 0 Å². The second-order valence-corrected chi connectivity index (χ2v) is 5.09. The maximum absolute atomic E-state index is 10.1. The van der Waals surface area contributed by atoms with E-state index in [0.29, 0.717) is 11.7 Å². The minimum absolute atomic E-state index is 0.388. The predicted molar refractivity (Wildman–Crippen MR) is 73.0 cm³/mol. The van der Waals surface area contributed by atoms with E-state index in [1.807, 2.05) is 6.07 Å². The topological polar surface area (TPSA) is 20.2 Å². The Bertz CT molecular complexity index is 532. The lowest BCUT2D eigenvalue weighted by Gasteiger charge is -2.15. The van der Waals surface area contributed by atoms with Crippen molar-refractivity contribution in [2.45, 2.75) is 34.6 Å². The summed E-state index contributed by atoms with van der Waals surface area (Å²) >= 11 is 0. The second kappa shape index (κ2) is 4.06. The van der Waals surface area contributed by atoms with Crippen molar-refractivity contribution in [3.63, 3.8) is 0 Å². The molecule has 1 heteroatoms. The molecular weight excluding hydrogens is 208 g/mol. The summed E-state index contributed by atoms with van der Waals surface area (Å²) in [7, 11) is 0. The Hall–Kier alpha value is -1.50. The molecule has 0 aromatic heterocycles. The van der Waals surface area contributed by atoms with Crippen molar-refractivity contribution in [2.75, 3.05) is 0 Å². The van der Waals surface area contributed by atoms with Crippen molar-refractivity contribution in [3.8, 4) is 5.75 Å². The number of aryl methyl sites for hydroxylation is 1. The van der Waals surface area contributed by atoms with Gasteiger partial charge in [-0.2, -0.15) is 0 Å². The highest BCUT2D eigenvalue weighted by atomic mass is 16.3. The SMILES string of the molecule is CC1=C(C)C(C)C(c2cc(C)ccc2O)=C1C. The van der Waals surface area contributed by atoms with Crippen LogP contribution in [-0.4, -0.2) is 5.11 Å². The van der Waals surface area contributed by atoms with E-state index in [9.17, 15) is 5.11 Å². The van der Waals surface area contributed by atoms with Gasteiger partial charge < -0.3 is 5.11 Å². The molecule has 1 N–H and O–H groups in total.